The molecule has 0 radical (unpaired) electrons. The molecule has 3 heterocycles. The minimum Gasteiger partial charge on any atom is -0.460 e. The maximum Gasteiger partial charge on any atom is 0.152 e. The van der Waals surface area contributed by atoms with Crippen molar-refractivity contribution in [2.45, 2.75) is 6.92 Å². The molecule has 0 amide bonds. The molecule has 16 heavy (non-hydrogen) atoms. The first kappa shape index (κ1) is 9.87. The van der Waals surface area contributed by atoms with Gasteiger partial charge in [0.15, 0.2) is 5.76 Å². The van der Waals surface area contributed by atoms with Crippen molar-refractivity contribution in [1.82, 2.24) is 0 Å². The Hall–Kier alpha value is -1.32. The van der Waals surface area contributed by atoms with Gasteiger partial charge in [-0.15, -0.1) is 11.3 Å². The molecule has 3 rings (SSSR count). The van der Waals surface area contributed by atoms with Crippen molar-refractivity contribution in [3.8, 4) is 21.8 Å². The molecule has 3 aromatic heterocycles. The predicted octanol–water partition coefficient (Wildman–Crippen LogP) is 5.05. The van der Waals surface area contributed by atoms with Gasteiger partial charge in [0.25, 0.3) is 0 Å². The van der Waals surface area contributed by atoms with E-state index in [0.29, 0.717) is 0 Å². The fourth-order valence-corrected chi connectivity index (χ4v) is 3.11. The van der Waals surface area contributed by atoms with Gasteiger partial charge in [-0.25, -0.2) is 0 Å². The summed E-state index contributed by atoms with van der Waals surface area (Å²) in [6.07, 6.45) is 0. The van der Waals surface area contributed by atoms with Gasteiger partial charge in [0.1, 0.15) is 5.76 Å². The highest BCUT2D eigenvalue weighted by molar-refractivity contribution is 7.13. The van der Waals surface area contributed by atoms with Gasteiger partial charge in [0, 0.05) is 5.56 Å². The van der Waals surface area contributed by atoms with E-state index in [1.54, 1.807) is 22.7 Å². The molecule has 0 bridgehead atoms. The Morgan fingerprint density at radius 3 is 2.81 bits per heavy atom. The first-order chi connectivity index (χ1) is 7.84. The molecule has 1 nitrogen and oxygen atoms in total. The second-order valence-corrected chi connectivity index (χ2v) is 5.32. The van der Waals surface area contributed by atoms with Crippen LogP contribution in [-0.2, 0) is 0 Å². The fourth-order valence-electron chi connectivity index (χ4n) is 1.74. The number of thiophene rings is 2. The zero-order chi connectivity index (χ0) is 11.0. The molecule has 3 aromatic rings. The van der Waals surface area contributed by atoms with Crippen LogP contribution in [0.5, 0.6) is 0 Å². The molecular weight excluding hydrogens is 236 g/mol. The molecule has 0 aromatic carbocycles. The third-order valence-corrected chi connectivity index (χ3v) is 3.98. The van der Waals surface area contributed by atoms with Gasteiger partial charge >= 0.3 is 0 Å². The van der Waals surface area contributed by atoms with Crippen LogP contribution in [0.2, 0.25) is 0 Å². The SMILES string of the molecule is Cc1cc(-c2ccsc2)c(-c2cccs2)o1. The Kier molecular flexibility index (Phi) is 2.42. The summed E-state index contributed by atoms with van der Waals surface area (Å²) in [5, 5.41) is 6.32. The van der Waals surface area contributed by atoms with Crippen LogP contribution in [0.25, 0.3) is 21.8 Å². The number of hydrogen-bond acceptors (Lipinski definition) is 3. The van der Waals surface area contributed by atoms with Crippen LogP contribution in [0.1, 0.15) is 5.76 Å². The van der Waals surface area contributed by atoms with Crippen LogP contribution < -0.4 is 0 Å². The number of rotatable bonds is 2. The predicted molar refractivity (Wildman–Crippen MR) is 70.1 cm³/mol. The fraction of sp³-hybridized carbons (Fsp3) is 0.0769. The Morgan fingerprint density at radius 2 is 2.12 bits per heavy atom. The molecule has 3 heteroatoms. The molecule has 80 valence electrons. The largest absolute Gasteiger partial charge is 0.460 e. The maximum absolute atomic E-state index is 5.80. The van der Waals surface area contributed by atoms with Gasteiger partial charge in [-0.05, 0) is 46.8 Å². The standard InChI is InChI=1S/C13H10OS2/c1-9-7-11(10-4-6-15-8-10)13(14-9)12-3-2-5-16-12/h2-8H,1H3. The lowest BCUT2D eigenvalue weighted by atomic mass is 10.1. The van der Waals surface area contributed by atoms with E-state index in [2.05, 4.69) is 40.4 Å². The zero-order valence-electron chi connectivity index (χ0n) is 8.77. The number of aryl methyl sites for hydroxylation is 1. The molecule has 0 aliphatic rings. The van der Waals surface area contributed by atoms with E-state index in [4.69, 9.17) is 4.42 Å². The lowest BCUT2D eigenvalue weighted by Crippen LogP contribution is -1.72. The van der Waals surface area contributed by atoms with Gasteiger partial charge in [0.05, 0.1) is 4.88 Å². The molecule has 0 saturated heterocycles. The van der Waals surface area contributed by atoms with Crippen molar-refractivity contribution in [1.29, 1.82) is 0 Å². The normalized spacial score (nSPS) is 10.8. The Bertz CT molecular complexity index is 522. The Balaban J connectivity index is 2.19. The first-order valence-corrected chi connectivity index (χ1v) is 6.84. The average molecular weight is 246 g/mol. The van der Waals surface area contributed by atoms with E-state index < -0.39 is 0 Å². The summed E-state index contributed by atoms with van der Waals surface area (Å²) < 4.78 is 5.80. The van der Waals surface area contributed by atoms with E-state index in [9.17, 15) is 0 Å². The van der Waals surface area contributed by atoms with Crippen molar-refractivity contribution in [2.75, 3.05) is 0 Å². The maximum atomic E-state index is 5.80. The topological polar surface area (TPSA) is 13.1 Å². The van der Waals surface area contributed by atoms with Gasteiger partial charge in [0.2, 0.25) is 0 Å². The monoisotopic (exact) mass is 246 g/mol. The van der Waals surface area contributed by atoms with E-state index in [-0.39, 0.29) is 0 Å². The number of hydrogen-bond donors (Lipinski definition) is 0. The summed E-state index contributed by atoms with van der Waals surface area (Å²) in [6, 6.07) is 8.39. The summed E-state index contributed by atoms with van der Waals surface area (Å²) in [7, 11) is 0. The lowest BCUT2D eigenvalue weighted by Gasteiger charge is -1.96. The quantitative estimate of drug-likeness (QED) is 0.617. The second kappa shape index (κ2) is 3.92. The van der Waals surface area contributed by atoms with E-state index in [1.165, 1.54) is 16.0 Å². The van der Waals surface area contributed by atoms with Crippen LogP contribution in [0.15, 0.2) is 44.8 Å². The molecule has 0 saturated carbocycles. The third-order valence-electron chi connectivity index (χ3n) is 2.43. The van der Waals surface area contributed by atoms with Crippen LogP contribution in [0, 0.1) is 6.92 Å². The molecule has 0 N–H and O–H groups in total. The summed E-state index contributed by atoms with van der Waals surface area (Å²) in [4.78, 5) is 1.19. The minimum atomic E-state index is 0.963. The van der Waals surface area contributed by atoms with Crippen molar-refractivity contribution in [3.63, 3.8) is 0 Å². The molecule has 0 fully saturated rings. The van der Waals surface area contributed by atoms with Crippen LogP contribution in [0.4, 0.5) is 0 Å². The highest BCUT2D eigenvalue weighted by Gasteiger charge is 2.13. The smallest absolute Gasteiger partial charge is 0.152 e. The van der Waals surface area contributed by atoms with Gasteiger partial charge < -0.3 is 4.42 Å². The van der Waals surface area contributed by atoms with E-state index in [0.717, 1.165) is 11.5 Å². The molecule has 0 unspecified atom stereocenters. The van der Waals surface area contributed by atoms with Crippen molar-refractivity contribution in [2.24, 2.45) is 0 Å². The average Bonchev–Trinajstić information content (AvgIpc) is 2.98. The summed E-state index contributed by atoms with van der Waals surface area (Å²) in [5.74, 6) is 1.95. The van der Waals surface area contributed by atoms with Gasteiger partial charge in [-0.3, -0.25) is 0 Å². The highest BCUT2D eigenvalue weighted by Crippen LogP contribution is 2.37. The third kappa shape index (κ3) is 1.62. The zero-order valence-corrected chi connectivity index (χ0v) is 10.4. The van der Waals surface area contributed by atoms with Gasteiger partial charge in [-0.1, -0.05) is 6.07 Å². The second-order valence-electron chi connectivity index (χ2n) is 3.59. The highest BCUT2D eigenvalue weighted by atomic mass is 32.1. The van der Waals surface area contributed by atoms with E-state index >= 15 is 0 Å². The van der Waals surface area contributed by atoms with Crippen LogP contribution in [-0.4, -0.2) is 0 Å². The number of furan rings is 1. The Morgan fingerprint density at radius 1 is 1.19 bits per heavy atom. The minimum absolute atomic E-state index is 0.963. The molecular formula is C13H10OS2. The van der Waals surface area contributed by atoms with Gasteiger partial charge in [-0.2, -0.15) is 11.3 Å². The van der Waals surface area contributed by atoms with Crippen molar-refractivity contribution in [3.05, 3.63) is 46.2 Å². The summed E-state index contributed by atoms with van der Waals surface area (Å²) in [6.45, 7) is 1.99. The van der Waals surface area contributed by atoms with Crippen LogP contribution in [0.3, 0.4) is 0 Å². The molecule has 0 atom stereocenters. The molecule has 0 aliphatic heterocycles. The summed E-state index contributed by atoms with van der Waals surface area (Å²) >= 11 is 3.42. The lowest BCUT2D eigenvalue weighted by molar-refractivity contribution is 0.550. The van der Waals surface area contributed by atoms with Crippen molar-refractivity contribution < 1.29 is 4.42 Å². The van der Waals surface area contributed by atoms with E-state index in [1.807, 2.05) is 6.92 Å². The van der Waals surface area contributed by atoms with Crippen LogP contribution >= 0.6 is 22.7 Å². The molecule has 0 spiro atoms. The van der Waals surface area contributed by atoms with Crippen molar-refractivity contribution >= 4 is 22.7 Å². The molecule has 0 aliphatic carbocycles. The first-order valence-electron chi connectivity index (χ1n) is 5.01. The summed E-state index contributed by atoms with van der Waals surface area (Å²) in [5.41, 5.74) is 2.44. The Labute approximate surface area is 102 Å².